The number of aliphatic hydroxyl groups is 1. The van der Waals surface area contributed by atoms with Gasteiger partial charge < -0.3 is 15.5 Å². The van der Waals surface area contributed by atoms with Gasteiger partial charge in [-0.3, -0.25) is 4.79 Å². The van der Waals surface area contributed by atoms with E-state index in [1.165, 1.54) is 0 Å². The number of hydrogen-bond acceptors (Lipinski definition) is 3. The third-order valence-electron chi connectivity index (χ3n) is 2.72. The fourth-order valence-corrected chi connectivity index (χ4v) is 1.42. The lowest BCUT2D eigenvalue weighted by atomic mass is 10.1. The maximum Gasteiger partial charge on any atom is 0.337 e. The minimum Gasteiger partial charge on any atom is -0.479 e. The summed E-state index contributed by atoms with van der Waals surface area (Å²) < 4.78 is 26.2. The van der Waals surface area contributed by atoms with Crippen LogP contribution in [0.3, 0.4) is 0 Å². The van der Waals surface area contributed by atoms with Gasteiger partial charge in [-0.05, 0) is 37.1 Å². The molecule has 7 heteroatoms. The maximum atomic E-state index is 13.3. The first-order valence-corrected chi connectivity index (χ1v) is 5.89. The molecule has 1 atom stereocenters. The molecule has 1 unspecified atom stereocenters. The van der Waals surface area contributed by atoms with Crippen LogP contribution in [-0.2, 0) is 16.0 Å². The quantitative estimate of drug-likeness (QED) is 0.724. The molecule has 1 aromatic carbocycles. The van der Waals surface area contributed by atoms with Crippen molar-refractivity contribution < 1.29 is 28.6 Å². The zero-order valence-corrected chi connectivity index (χ0v) is 10.8. The Morgan fingerprint density at radius 1 is 1.35 bits per heavy atom. The van der Waals surface area contributed by atoms with Crippen molar-refractivity contribution in [2.75, 3.05) is 6.54 Å². The molecule has 0 fully saturated rings. The molecule has 0 heterocycles. The number of carbonyl (C=O) groups is 2. The summed E-state index contributed by atoms with van der Waals surface area (Å²) >= 11 is 0. The van der Waals surface area contributed by atoms with E-state index in [4.69, 9.17) is 5.11 Å². The fraction of sp³-hybridized carbons (Fsp3) is 0.385. The first-order chi connectivity index (χ1) is 9.22. The highest BCUT2D eigenvalue weighted by molar-refractivity contribution is 5.80. The Balaban J connectivity index is 2.48. The molecule has 1 aromatic rings. The lowest BCUT2D eigenvalue weighted by Gasteiger charge is -2.18. The third kappa shape index (κ3) is 4.58. The molecule has 1 amide bonds. The molecule has 0 aliphatic carbocycles. The van der Waals surface area contributed by atoms with E-state index in [9.17, 15) is 23.5 Å². The molecular formula is C13H15F2NO4. The van der Waals surface area contributed by atoms with Gasteiger partial charge in [0.1, 0.15) is 11.6 Å². The first-order valence-electron chi connectivity index (χ1n) is 5.89. The standard InChI is InChI=1S/C13H15F2NO4/c1-13(20,12(18)19)7-16-11(17)5-2-8-6-9(14)3-4-10(8)15/h3-4,6,20H,2,5,7H2,1H3,(H,16,17)(H,18,19). The Morgan fingerprint density at radius 3 is 2.60 bits per heavy atom. The Labute approximate surface area is 114 Å². The topological polar surface area (TPSA) is 86.6 Å². The number of hydrogen-bond donors (Lipinski definition) is 3. The number of carbonyl (C=O) groups excluding carboxylic acids is 1. The molecule has 0 bridgehead atoms. The van der Waals surface area contributed by atoms with Crippen LogP contribution in [0.15, 0.2) is 18.2 Å². The number of aliphatic carboxylic acids is 1. The smallest absolute Gasteiger partial charge is 0.337 e. The average Bonchev–Trinajstić information content (AvgIpc) is 2.37. The summed E-state index contributed by atoms with van der Waals surface area (Å²) in [7, 11) is 0. The number of rotatable bonds is 6. The van der Waals surface area contributed by atoms with E-state index >= 15 is 0 Å². The number of nitrogens with one attached hydrogen (secondary N) is 1. The second-order valence-electron chi connectivity index (χ2n) is 4.59. The SMILES string of the molecule is CC(O)(CNC(=O)CCc1cc(F)ccc1F)C(=O)O. The van der Waals surface area contributed by atoms with E-state index in [2.05, 4.69) is 5.32 Å². The van der Waals surface area contributed by atoms with E-state index in [1.54, 1.807) is 0 Å². The first kappa shape index (κ1) is 16.0. The van der Waals surface area contributed by atoms with Crippen molar-refractivity contribution in [3.8, 4) is 0 Å². The molecule has 3 N–H and O–H groups in total. The second kappa shape index (κ2) is 6.42. The molecule has 0 saturated carbocycles. The largest absolute Gasteiger partial charge is 0.479 e. The normalized spacial score (nSPS) is 13.6. The number of carboxylic acid groups (broad SMARTS) is 1. The van der Waals surface area contributed by atoms with Gasteiger partial charge in [-0.1, -0.05) is 0 Å². The lowest BCUT2D eigenvalue weighted by Crippen LogP contribution is -2.46. The lowest BCUT2D eigenvalue weighted by molar-refractivity contribution is -0.156. The molecule has 0 radical (unpaired) electrons. The van der Waals surface area contributed by atoms with Crippen molar-refractivity contribution in [2.24, 2.45) is 0 Å². The highest BCUT2D eigenvalue weighted by Crippen LogP contribution is 2.11. The van der Waals surface area contributed by atoms with Crippen LogP contribution in [-0.4, -0.2) is 34.2 Å². The molecule has 20 heavy (non-hydrogen) atoms. The van der Waals surface area contributed by atoms with E-state index in [0.717, 1.165) is 25.1 Å². The van der Waals surface area contributed by atoms with Gasteiger partial charge in [-0.15, -0.1) is 0 Å². The third-order valence-corrected chi connectivity index (χ3v) is 2.72. The van der Waals surface area contributed by atoms with Gasteiger partial charge in [0, 0.05) is 6.42 Å². The molecule has 5 nitrogen and oxygen atoms in total. The van der Waals surface area contributed by atoms with Crippen molar-refractivity contribution in [2.45, 2.75) is 25.4 Å². The van der Waals surface area contributed by atoms with Gasteiger partial charge in [0.05, 0.1) is 6.54 Å². The summed E-state index contributed by atoms with van der Waals surface area (Å²) in [5.74, 6) is -3.24. The maximum absolute atomic E-state index is 13.3. The molecule has 110 valence electrons. The van der Waals surface area contributed by atoms with Crippen molar-refractivity contribution in [3.05, 3.63) is 35.4 Å². The van der Waals surface area contributed by atoms with Crippen LogP contribution in [0.1, 0.15) is 18.9 Å². The van der Waals surface area contributed by atoms with Gasteiger partial charge in [0.2, 0.25) is 5.91 Å². The van der Waals surface area contributed by atoms with Crippen LogP contribution in [0, 0.1) is 11.6 Å². The van der Waals surface area contributed by atoms with Gasteiger partial charge in [0.25, 0.3) is 0 Å². The van der Waals surface area contributed by atoms with Crippen molar-refractivity contribution in [3.63, 3.8) is 0 Å². The Morgan fingerprint density at radius 2 is 2.00 bits per heavy atom. The average molecular weight is 287 g/mol. The number of carboxylic acids is 1. The zero-order valence-electron chi connectivity index (χ0n) is 10.8. The van der Waals surface area contributed by atoms with Crippen LogP contribution in [0.4, 0.5) is 8.78 Å². The second-order valence-corrected chi connectivity index (χ2v) is 4.59. The highest BCUT2D eigenvalue weighted by atomic mass is 19.1. The van der Waals surface area contributed by atoms with Crippen LogP contribution in [0.2, 0.25) is 0 Å². The molecule has 0 spiro atoms. The van der Waals surface area contributed by atoms with Gasteiger partial charge >= 0.3 is 5.97 Å². The Hall–Kier alpha value is -2.02. The van der Waals surface area contributed by atoms with Crippen molar-refractivity contribution in [1.82, 2.24) is 5.32 Å². The van der Waals surface area contributed by atoms with E-state index in [0.29, 0.717) is 0 Å². The van der Waals surface area contributed by atoms with E-state index in [-0.39, 0.29) is 18.4 Å². The molecule has 0 aliphatic heterocycles. The summed E-state index contributed by atoms with van der Waals surface area (Å²) in [6.45, 7) is 0.578. The molecular weight excluding hydrogens is 272 g/mol. The van der Waals surface area contributed by atoms with Crippen LogP contribution >= 0.6 is 0 Å². The highest BCUT2D eigenvalue weighted by Gasteiger charge is 2.30. The number of amides is 1. The molecule has 0 aliphatic rings. The van der Waals surface area contributed by atoms with Gasteiger partial charge in [-0.2, -0.15) is 0 Å². The predicted molar refractivity (Wildman–Crippen MR) is 65.9 cm³/mol. The summed E-state index contributed by atoms with van der Waals surface area (Å²) in [6, 6.07) is 2.94. The molecule has 0 saturated heterocycles. The van der Waals surface area contributed by atoms with Crippen molar-refractivity contribution in [1.29, 1.82) is 0 Å². The minimum atomic E-state index is -2.07. The number of aryl methyl sites for hydroxylation is 1. The minimum absolute atomic E-state index is 0.0232. The van der Waals surface area contributed by atoms with E-state index in [1.807, 2.05) is 0 Å². The molecule has 1 rings (SSSR count). The van der Waals surface area contributed by atoms with Gasteiger partial charge in [-0.25, -0.2) is 13.6 Å². The van der Waals surface area contributed by atoms with Crippen molar-refractivity contribution >= 4 is 11.9 Å². The van der Waals surface area contributed by atoms with Crippen LogP contribution in [0.25, 0.3) is 0 Å². The predicted octanol–water partition coefficient (Wildman–Crippen LogP) is 0.849. The molecule has 0 aromatic heterocycles. The van der Waals surface area contributed by atoms with Crippen LogP contribution < -0.4 is 5.32 Å². The number of halogens is 2. The summed E-state index contributed by atoms with van der Waals surface area (Å²) in [5, 5.41) is 20.2. The van der Waals surface area contributed by atoms with E-state index < -0.39 is 35.7 Å². The summed E-state index contributed by atoms with van der Waals surface area (Å²) in [6.07, 6.45) is -0.166. The van der Waals surface area contributed by atoms with Crippen LogP contribution in [0.5, 0.6) is 0 Å². The Kier molecular flexibility index (Phi) is 5.15. The summed E-state index contributed by atoms with van der Waals surface area (Å²) in [4.78, 5) is 22.1. The number of benzene rings is 1. The Bertz CT molecular complexity index is 517. The van der Waals surface area contributed by atoms with Gasteiger partial charge in [0.15, 0.2) is 5.60 Å². The monoisotopic (exact) mass is 287 g/mol. The fourth-order valence-electron chi connectivity index (χ4n) is 1.42. The zero-order chi connectivity index (χ0) is 15.3. The summed E-state index contributed by atoms with van der Waals surface area (Å²) in [5.41, 5.74) is -2.01.